The minimum Gasteiger partial charge on any atom is -0.356 e. The molecule has 29 heavy (non-hydrogen) atoms. The van der Waals surface area contributed by atoms with Crippen molar-refractivity contribution < 1.29 is 0 Å². The minimum absolute atomic E-state index is 0. The van der Waals surface area contributed by atoms with Crippen LogP contribution in [0.1, 0.15) is 43.0 Å². The third-order valence-corrected chi connectivity index (χ3v) is 5.76. The fourth-order valence-electron chi connectivity index (χ4n) is 4.23. The Bertz CT molecular complexity index is 898. The molecule has 1 atom stereocenters. The summed E-state index contributed by atoms with van der Waals surface area (Å²) in [5.41, 5.74) is 1.33. The van der Waals surface area contributed by atoms with E-state index in [9.17, 15) is 4.79 Å². The third-order valence-electron chi connectivity index (χ3n) is 5.76. The van der Waals surface area contributed by atoms with Gasteiger partial charge in [-0.05, 0) is 31.2 Å². The van der Waals surface area contributed by atoms with Gasteiger partial charge in [-0.1, -0.05) is 0 Å². The number of likely N-dealkylation sites (tertiary alicyclic amines) is 1. The molecule has 0 saturated carbocycles. The molecule has 0 amide bonds. The number of nitrogens with zero attached hydrogens (tertiary/aromatic N) is 7. The average Bonchev–Trinajstić information content (AvgIpc) is 3.42. The highest BCUT2D eigenvalue weighted by atomic mass is 127. The number of rotatable bonds is 5. The highest BCUT2D eigenvalue weighted by Crippen LogP contribution is 2.26. The Morgan fingerprint density at radius 3 is 2.93 bits per heavy atom. The fraction of sp³-hybridized carbons (Fsp3) is 0.684. The Morgan fingerprint density at radius 1 is 1.34 bits per heavy atom. The van der Waals surface area contributed by atoms with Gasteiger partial charge in [0.25, 0.3) is 0 Å². The standard InChI is InChI=1S/C19H30N8O.HI/c1-20-18(25-11-7-15(14-25)16-12-22-24(2)13-16)21-8-5-10-27-19(28)26-9-4-3-6-17(26)23-27;/h12-13,15H,3-11,14H2,1-2H3,(H,20,21);1H. The van der Waals surface area contributed by atoms with E-state index in [2.05, 4.69) is 31.6 Å². The quantitative estimate of drug-likeness (QED) is 0.281. The maximum Gasteiger partial charge on any atom is 0.345 e. The SMILES string of the molecule is CN=C(NCCCn1nc2n(c1=O)CCCC2)N1CCC(c2cnn(C)c2)C1.I. The molecule has 10 heteroatoms. The van der Waals surface area contributed by atoms with E-state index in [4.69, 9.17) is 0 Å². The number of aliphatic imine (C=N–C) groups is 1. The molecule has 0 bridgehead atoms. The smallest absolute Gasteiger partial charge is 0.345 e. The zero-order chi connectivity index (χ0) is 19.5. The Labute approximate surface area is 188 Å². The van der Waals surface area contributed by atoms with Crippen LogP contribution in [0.25, 0.3) is 0 Å². The number of fused-ring (bicyclic) bond motifs is 1. The van der Waals surface area contributed by atoms with E-state index >= 15 is 0 Å². The summed E-state index contributed by atoms with van der Waals surface area (Å²) in [6, 6.07) is 0. The summed E-state index contributed by atoms with van der Waals surface area (Å²) in [5, 5.41) is 12.2. The van der Waals surface area contributed by atoms with Gasteiger partial charge in [-0.2, -0.15) is 10.2 Å². The molecule has 2 aliphatic rings. The van der Waals surface area contributed by atoms with Gasteiger partial charge in [0, 0.05) is 65.4 Å². The Hall–Kier alpha value is -1.85. The monoisotopic (exact) mass is 514 g/mol. The van der Waals surface area contributed by atoms with Crippen molar-refractivity contribution in [1.29, 1.82) is 0 Å². The van der Waals surface area contributed by atoms with Crippen molar-refractivity contribution >= 4 is 29.9 Å². The van der Waals surface area contributed by atoms with Crippen molar-refractivity contribution in [3.8, 4) is 0 Å². The van der Waals surface area contributed by atoms with Crippen LogP contribution in [0.5, 0.6) is 0 Å². The topological polar surface area (TPSA) is 85.3 Å². The summed E-state index contributed by atoms with van der Waals surface area (Å²) in [4.78, 5) is 19.1. The van der Waals surface area contributed by atoms with Crippen molar-refractivity contribution in [3.63, 3.8) is 0 Å². The van der Waals surface area contributed by atoms with Crippen LogP contribution in [-0.4, -0.2) is 61.7 Å². The number of aromatic nitrogens is 5. The summed E-state index contributed by atoms with van der Waals surface area (Å²) >= 11 is 0. The van der Waals surface area contributed by atoms with Crippen molar-refractivity contribution in [2.24, 2.45) is 12.0 Å². The van der Waals surface area contributed by atoms with Crippen molar-refractivity contribution in [1.82, 2.24) is 34.3 Å². The highest BCUT2D eigenvalue weighted by Gasteiger charge is 2.26. The molecule has 1 unspecified atom stereocenters. The second-order valence-electron chi connectivity index (χ2n) is 7.74. The molecule has 1 N–H and O–H groups in total. The molecule has 1 saturated heterocycles. The molecule has 1 fully saturated rings. The van der Waals surface area contributed by atoms with E-state index in [0.717, 1.165) is 70.1 Å². The number of guanidine groups is 1. The van der Waals surface area contributed by atoms with Crippen LogP contribution in [0.15, 0.2) is 22.2 Å². The van der Waals surface area contributed by atoms with E-state index in [-0.39, 0.29) is 29.7 Å². The number of nitrogens with one attached hydrogen (secondary N) is 1. The molecule has 9 nitrogen and oxygen atoms in total. The molecule has 0 spiro atoms. The third kappa shape index (κ3) is 4.84. The molecule has 2 aromatic rings. The summed E-state index contributed by atoms with van der Waals surface area (Å²) in [7, 11) is 3.78. The van der Waals surface area contributed by atoms with E-state index in [1.165, 1.54) is 5.56 Å². The first-order valence-corrected chi connectivity index (χ1v) is 10.3. The van der Waals surface area contributed by atoms with E-state index in [1.807, 2.05) is 29.5 Å². The maximum absolute atomic E-state index is 12.4. The van der Waals surface area contributed by atoms with Gasteiger partial charge in [0.2, 0.25) is 0 Å². The van der Waals surface area contributed by atoms with Gasteiger partial charge in [0.1, 0.15) is 5.82 Å². The van der Waals surface area contributed by atoms with Crippen LogP contribution < -0.4 is 11.0 Å². The first kappa shape index (κ1) is 21.8. The van der Waals surface area contributed by atoms with Gasteiger partial charge in [0.05, 0.1) is 6.20 Å². The van der Waals surface area contributed by atoms with Gasteiger partial charge in [-0.3, -0.25) is 14.2 Å². The van der Waals surface area contributed by atoms with Gasteiger partial charge >= 0.3 is 5.69 Å². The fourth-order valence-corrected chi connectivity index (χ4v) is 4.23. The lowest BCUT2D eigenvalue weighted by Gasteiger charge is -2.21. The molecule has 4 rings (SSSR count). The van der Waals surface area contributed by atoms with Gasteiger partial charge in [-0.25, -0.2) is 9.48 Å². The Balaban J connectivity index is 0.00000240. The Kier molecular flexibility index (Phi) is 7.36. The van der Waals surface area contributed by atoms with Crippen molar-refractivity contribution in [2.45, 2.75) is 51.1 Å². The lowest BCUT2D eigenvalue weighted by atomic mass is 10.0. The molecule has 0 radical (unpaired) electrons. The summed E-state index contributed by atoms with van der Waals surface area (Å²) in [6.07, 6.45) is 9.15. The number of hydrogen-bond donors (Lipinski definition) is 1. The van der Waals surface area contributed by atoms with Crippen molar-refractivity contribution in [3.05, 3.63) is 34.3 Å². The molecule has 4 heterocycles. The van der Waals surface area contributed by atoms with E-state index in [0.29, 0.717) is 12.5 Å². The van der Waals surface area contributed by atoms with Crippen LogP contribution in [0.2, 0.25) is 0 Å². The zero-order valence-corrected chi connectivity index (χ0v) is 19.6. The molecular formula is C19H31IN8O. The Morgan fingerprint density at radius 2 is 2.21 bits per heavy atom. The molecular weight excluding hydrogens is 483 g/mol. The predicted octanol–water partition coefficient (Wildman–Crippen LogP) is 1.19. The van der Waals surface area contributed by atoms with Crippen LogP contribution in [0.3, 0.4) is 0 Å². The van der Waals surface area contributed by atoms with Crippen LogP contribution in [-0.2, 0) is 26.6 Å². The van der Waals surface area contributed by atoms with Gasteiger partial charge in [0.15, 0.2) is 5.96 Å². The zero-order valence-electron chi connectivity index (χ0n) is 17.3. The molecule has 0 aromatic carbocycles. The molecule has 2 aliphatic heterocycles. The second-order valence-corrected chi connectivity index (χ2v) is 7.74. The van der Waals surface area contributed by atoms with Crippen LogP contribution >= 0.6 is 24.0 Å². The minimum atomic E-state index is 0. The summed E-state index contributed by atoms with van der Waals surface area (Å²) in [5.74, 6) is 2.38. The summed E-state index contributed by atoms with van der Waals surface area (Å²) < 4.78 is 5.32. The lowest BCUT2D eigenvalue weighted by molar-refractivity contribution is 0.477. The largest absolute Gasteiger partial charge is 0.356 e. The van der Waals surface area contributed by atoms with Gasteiger partial charge < -0.3 is 10.2 Å². The second kappa shape index (κ2) is 9.77. The normalized spacial score (nSPS) is 19.2. The predicted molar refractivity (Wildman–Crippen MR) is 123 cm³/mol. The van der Waals surface area contributed by atoms with Crippen molar-refractivity contribution in [2.75, 3.05) is 26.7 Å². The van der Waals surface area contributed by atoms with Gasteiger partial charge in [-0.15, -0.1) is 24.0 Å². The number of aryl methyl sites for hydroxylation is 3. The maximum atomic E-state index is 12.4. The highest BCUT2D eigenvalue weighted by molar-refractivity contribution is 14.0. The summed E-state index contributed by atoms with van der Waals surface area (Å²) in [6.45, 7) is 4.17. The van der Waals surface area contributed by atoms with E-state index in [1.54, 1.807) is 4.68 Å². The van der Waals surface area contributed by atoms with Crippen LogP contribution in [0, 0.1) is 0 Å². The first-order valence-electron chi connectivity index (χ1n) is 10.3. The number of halogens is 1. The van der Waals surface area contributed by atoms with E-state index < -0.39 is 0 Å². The lowest BCUT2D eigenvalue weighted by Crippen LogP contribution is -2.40. The average molecular weight is 514 g/mol. The van der Waals surface area contributed by atoms with Crippen LogP contribution in [0.4, 0.5) is 0 Å². The number of hydrogen-bond acceptors (Lipinski definition) is 4. The molecule has 160 valence electrons. The molecule has 2 aromatic heterocycles. The molecule has 0 aliphatic carbocycles. The first-order chi connectivity index (χ1) is 13.7.